The van der Waals surface area contributed by atoms with Gasteiger partial charge in [-0.3, -0.25) is 9.98 Å². The Morgan fingerprint density at radius 1 is 0.605 bits per heavy atom. The fourth-order valence-corrected chi connectivity index (χ4v) is 3.61. The molecule has 200 valence electrons. The molecule has 0 aliphatic carbocycles. The van der Waals surface area contributed by atoms with Crippen molar-refractivity contribution in [2.75, 3.05) is 49.5 Å². The van der Waals surface area contributed by atoms with Gasteiger partial charge in [0.2, 0.25) is 0 Å². The standard InChI is InChI=1S/C27H32N8O2.ClH/c1-17-6-11-22(34-26(36)32-20-12-7-18(8-13-20)24(28-2)29-3)16-23(17)35-27(37)33-21-14-9-19(10-15-21)25(30-4)31-5;/h6-16H,1-5H3,(H,28,29)(H,30,31)(H2,32,34,36)(H2,33,35,37);1H. The van der Waals surface area contributed by atoms with Crippen LogP contribution in [0.2, 0.25) is 0 Å². The third-order valence-corrected chi connectivity index (χ3v) is 5.50. The van der Waals surface area contributed by atoms with Crippen molar-refractivity contribution in [3.63, 3.8) is 0 Å². The summed E-state index contributed by atoms with van der Waals surface area (Å²) >= 11 is 0. The van der Waals surface area contributed by atoms with Crippen molar-refractivity contribution in [1.82, 2.24) is 10.6 Å². The van der Waals surface area contributed by atoms with Crippen LogP contribution in [0.1, 0.15) is 16.7 Å². The molecule has 0 bridgehead atoms. The number of carbonyl (C=O) groups is 2. The van der Waals surface area contributed by atoms with Crippen LogP contribution in [0.25, 0.3) is 0 Å². The molecule has 0 aromatic heterocycles. The van der Waals surface area contributed by atoms with Gasteiger partial charge in [0.1, 0.15) is 11.7 Å². The predicted molar refractivity (Wildman–Crippen MR) is 160 cm³/mol. The van der Waals surface area contributed by atoms with Crippen LogP contribution in [0.4, 0.5) is 32.3 Å². The van der Waals surface area contributed by atoms with Crippen LogP contribution < -0.4 is 31.9 Å². The molecule has 0 heterocycles. The second-order valence-corrected chi connectivity index (χ2v) is 7.99. The van der Waals surface area contributed by atoms with Gasteiger partial charge >= 0.3 is 12.1 Å². The summed E-state index contributed by atoms with van der Waals surface area (Å²) in [5.74, 6) is 1.51. The van der Waals surface area contributed by atoms with Gasteiger partial charge in [0.05, 0.1) is 0 Å². The lowest BCUT2D eigenvalue weighted by atomic mass is 10.1. The maximum absolute atomic E-state index is 12.6. The minimum atomic E-state index is -0.401. The minimum Gasteiger partial charge on any atom is -0.373 e. The van der Waals surface area contributed by atoms with E-state index in [0.29, 0.717) is 22.7 Å². The molecule has 3 aromatic rings. The average molecular weight is 537 g/mol. The highest BCUT2D eigenvalue weighted by Gasteiger charge is 2.10. The van der Waals surface area contributed by atoms with E-state index in [1.165, 1.54) is 0 Å². The van der Waals surface area contributed by atoms with Gasteiger partial charge in [-0.2, -0.15) is 0 Å². The topological polar surface area (TPSA) is 131 Å². The van der Waals surface area contributed by atoms with Gasteiger partial charge < -0.3 is 31.9 Å². The van der Waals surface area contributed by atoms with E-state index in [9.17, 15) is 9.59 Å². The highest BCUT2D eigenvalue weighted by atomic mass is 35.5. The lowest BCUT2D eigenvalue weighted by molar-refractivity contribution is 0.261. The second-order valence-electron chi connectivity index (χ2n) is 7.99. The highest BCUT2D eigenvalue weighted by molar-refractivity contribution is 6.04. The van der Waals surface area contributed by atoms with Gasteiger partial charge in [-0.1, -0.05) is 6.07 Å². The Labute approximate surface area is 228 Å². The fraction of sp³-hybridized carbons (Fsp3) is 0.185. The van der Waals surface area contributed by atoms with Gasteiger partial charge in [-0.15, -0.1) is 12.4 Å². The van der Waals surface area contributed by atoms with Gasteiger partial charge in [-0.05, 0) is 73.2 Å². The lowest BCUT2D eigenvalue weighted by Crippen LogP contribution is -2.22. The minimum absolute atomic E-state index is 0. The summed E-state index contributed by atoms with van der Waals surface area (Å²) in [5, 5.41) is 17.3. The summed E-state index contributed by atoms with van der Waals surface area (Å²) in [6.45, 7) is 1.87. The largest absolute Gasteiger partial charge is 0.373 e. The van der Waals surface area contributed by atoms with Crippen LogP contribution in [-0.2, 0) is 0 Å². The summed E-state index contributed by atoms with van der Waals surface area (Å²) in [4.78, 5) is 33.4. The van der Waals surface area contributed by atoms with Crippen molar-refractivity contribution in [1.29, 1.82) is 0 Å². The number of carbonyl (C=O) groups excluding carboxylic acids is 2. The quantitative estimate of drug-likeness (QED) is 0.198. The maximum atomic E-state index is 12.6. The zero-order chi connectivity index (χ0) is 26.8. The molecule has 11 heteroatoms. The smallest absolute Gasteiger partial charge is 0.323 e. The molecule has 0 aliphatic rings. The van der Waals surface area contributed by atoms with E-state index < -0.39 is 12.1 Å². The first-order chi connectivity index (χ1) is 17.9. The van der Waals surface area contributed by atoms with E-state index in [1.54, 1.807) is 64.6 Å². The summed E-state index contributed by atoms with van der Waals surface area (Å²) in [5.41, 5.74) is 5.06. The van der Waals surface area contributed by atoms with Crippen LogP contribution >= 0.6 is 12.4 Å². The van der Waals surface area contributed by atoms with Crippen LogP contribution in [-0.4, -0.2) is 51.9 Å². The lowest BCUT2D eigenvalue weighted by Gasteiger charge is -2.13. The number of benzene rings is 3. The van der Waals surface area contributed by atoms with E-state index in [-0.39, 0.29) is 12.4 Å². The SMILES string of the molecule is CN=C(NC)c1ccc(NC(=O)Nc2ccc(C)c(NC(=O)Nc3ccc(C(=NC)NC)cc3)c2)cc1.Cl. The van der Waals surface area contributed by atoms with Gasteiger partial charge in [-0.25, -0.2) is 9.59 Å². The van der Waals surface area contributed by atoms with E-state index in [1.807, 2.05) is 37.3 Å². The first-order valence-electron chi connectivity index (χ1n) is 11.6. The Balaban J connectivity index is 0.00000507. The normalized spacial score (nSPS) is 11.1. The number of hydrogen-bond acceptors (Lipinski definition) is 4. The summed E-state index contributed by atoms with van der Waals surface area (Å²) < 4.78 is 0. The third kappa shape index (κ3) is 7.97. The zero-order valence-corrected chi connectivity index (χ0v) is 22.8. The molecular weight excluding hydrogens is 504 g/mol. The van der Waals surface area contributed by atoms with E-state index in [2.05, 4.69) is 41.9 Å². The molecule has 0 spiro atoms. The molecule has 6 N–H and O–H groups in total. The molecule has 4 amide bonds. The number of halogens is 1. The summed E-state index contributed by atoms with van der Waals surface area (Å²) in [6.07, 6.45) is 0. The highest BCUT2D eigenvalue weighted by Crippen LogP contribution is 2.21. The summed E-state index contributed by atoms with van der Waals surface area (Å²) in [7, 11) is 7.02. The number of aliphatic imine (C=N–C) groups is 2. The van der Waals surface area contributed by atoms with Crippen LogP contribution in [0.15, 0.2) is 76.7 Å². The zero-order valence-electron chi connectivity index (χ0n) is 22.0. The predicted octanol–water partition coefficient (Wildman–Crippen LogP) is 4.90. The molecular formula is C27H33ClN8O2. The van der Waals surface area contributed by atoms with Crippen molar-refractivity contribution in [3.05, 3.63) is 83.4 Å². The van der Waals surface area contributed by atoms with Crippen LogP contribution in [0.5, 0.6) is 0 Å². The molecule has 10 nitrogen and oxygen atoms in total. The molecule has 0 saturated heterocycles. The van der Waals surface area contributed by atoms with Crippen molar-refractivity contribution in [2.45, 2.75) is 6.92 Å². The maximum Gasteiger partial charge on any atom is 0.323 e. The van der Waals surface area contributed by atoms with Crippen molar-refractivity contribution >= 4 is 58.9 Å². The van der Waals surface area contributed by atoms with Crippen molar-refractivity contribution in [2.24, 2.45) is 9.98 Å². The van der Waals surface area contributed by atoms with Gasteiger partial charge in [0.25, 0.3) is 0 Å². The van der Waals surface area contributed by atoms with Crippen molar-refractivity contribution < 1.29 is 9.59 Å². The van der Waals surface area contributed by atoms with Crippen LogP contribution in [0.3, 0.4) is 0 Å². The Kier molecular flexibility index (Phi) is 11.1. The number of amidine groups is 2. The molecule has 0 atom stereocenters. The second kappa shape index (κ2) is 14.2. The fourth-order valence-electron chi connectivity index (χ4n) is 3.61. The van der Waals surface area contributed by atoms with E-state index >= 15 is 0 Å². The molecule has 0 radical (unpaired) electrons. The van der Waals surface area contributed by atoms with Gasteiger partial charge in [0, 0.05) is 62.1 Å². The Morgan fingerprint density at radius 3 is 1.42 bits per heavy atom. The molecule has 3 aromatic carbocycles. The molecule has 0 unspecified atom stereocenters. The van der Waals surface area contributed by atoms with Gasteiger partial charge in [0.15, 0.2) is 0 Å². The van der Waals surface area contributed by atoms with E-state index in [0.717, 1.165) is 28.4 Å². The average Bonchev–Trinajstić information content (AvgIpc) is 2.89. The first-order valence-corrected chi connectivity index (χ1v) is 11.6. The number of nitrogens with one attached hydrogen (secondary N) is 6. The van der Waals surface area contributed by atoms with E-state index in [4.69, 9.17) is 0 Å². The number of aryl methyl sites for hydroxylation is 1. The number of nitrogens with zero attached hydrogens (tertiary/aromatic N) is 2. The monoisotopic (exact) mass is 536 g/mol. The summed E-state index contributed by atoms with van der Waals surface area (Å²) in [6, 6.07) is 19.2. The molecule has 0 aliphatic heterocycles. The van der Waals surface area contributed by atoms with Crippen LogP contribution in [0, 0.1) is 6.92 Å². The number of anilines is 4. The number of hydrogen-bond donors (Lipinski definition) is 6. The first kappa shape index (κ1) is 29.7. The number of urea groups is 2. The number of amides is 4. The molecule has 3 rings (SSSR count). The molecule has 0 saturated carbocycles. The Hall–Kier alpha value is -4.57. The Bertz CT molecular complexity index is 1310. The molecule has 0 fully saturated rings. The Morgan fingerprint density at radius 2 is 1.00 bits per heavy atom. The third-order valence-electron chi connectivity index (χ3n) is 5.50. The van der Waals surface area contributed by atoms with Crippen molar-refractivity contribution in [3.8, 4) is 0 Å². The number of rotatable bonds is 6. The molecule has 38 heavy (non-hydrogen) atoms.